The van der Waals surface area contributed by atoms with Gasteiger partial charge in [-0.1, -0.05) is 46.7 Å². The molecule has 1 aliphatic heterocycles. The molecule has 7 heteroatoms. The summed E-state index contributed by atoms with van der Waals surface area (Å²) in [5.41, 5.74) is 0. The van der Waals surface area contributed by atoms with Gasteiger partial charge in [-0.15, -0.1) is 0 Å². The highest BCUT2D eigenvalue weighted by Gasteiger charge is 2.33. The molecule has 23 heavy (non-hydrogen) atoms. The summed E-state index contributed by atoms with van der Waals surface area (Å²) < 4.78 is 0. The number of benzene rings is 2. The molecule has 3 rings (SSSR count). The van der Waals surface area contributed by atoms with Crippen LogP contribution in [0.5, 0.6) is 0 Å². The quantitative estimate of drug-likeness (QED) is 0.641. The number of thioether (sulfide) groups is 3. The third-order valence-electron chi connectivity index (χ3n) is 2.83. The van der Waals surface area contributed by atoms with Crippen molar-refractivity contribution < 1.29 is 9.59 Å². The van der Waals surface area contributed by atoms with Crippen LogP contribution in [0.2, 0.25) is 10.0 Å². The number of carbonyl (C=O) groups is 2. The lowest BCUT2D eigenvalue weighted by atomic mass is 10.4. The lowest BCUT2D eigenvalue weighted by Gasteiger charge is -2.05. The lowest BCUT2D eigenvalue weighted by molar-refractivity contribution is -0.107. The van der Waals surface area contributed by atoms with Crippen molar-refractivity contribution in [1.82, 2.24) is 0 Å². The first-order chi connectivity index (χ1) is 11.0. The summed E-state index contributed by atoms with van der Waals surface area (Å²) in [5, 5.41) is 0.822. The molecular weight excluding hydrogens is 391 g/mol. The van der Waals surface area contributed by atoms with E-state index in [4.69, 9.17) is 23.2 Å². The standard InChI is InChI=1S/C16H8Cl2O2S3/c17-9-1-5-11(6-2-9)21-13-14(16(20)23-15(13)19)22-12-7-3-10(18)4-8-12/h1-8H. The van der Waals surface area contributed by atoms with Crippen molar-refractivity contribution in [3.63, 3.8) is 0 Å². The highest BCUT2D eigenvalue weighted by atomic mass is 35.5. The number of hydrogen-bond acceptors (Lipinski definition) is 5. The van der Waals surface area contributed by atoms with E-state index in [-0.39, 0.29) is 10.2 Å². The van der Waals surface area contributed by atoms with Gasteiger partial charge in [0.05, 0.1) is 9.81 Å². The van der Waals surface area contributed by atoms with Crippen LogP contribution in [0.3, 0.4) is 0 Å². The summed E-state index contributed by atoms with van der Waals surface area (Å²) in [4.78, 5) is 26.9. The molecule has 0 spiro atoms. The molecule has 0 radical (unpaired) electrons. The van der Waals surface area contributed by atoms with E-state index in [1.807, 2.05) is 24.3 Å². The molecule has 0 fully saturated rings. The highest BCUT2D eigenvalue weighted by Crippen LogP contribution is 2.46. The minimum Gasteiger partial charge on any atom is -0.280 e. The fraction of sp³-hybridized carbons (Fsp3) is 0. The van der Waals surface area contributed by atoms with E-state index < -0.39 is 0 Å². The van der Waals surface area contributed by atoms with Crippen LogP contribution in [0.4, 0.5) is 0 Å². The molecule has 0 saturated carbocycles. The molecular formula is C16H8Cl2O2S3. The highest BCUT2D eigenvalue weighted by molar-refractivity contribution is 8.31. The van der Waals surface area contributed by atoms with Crippen LogP contribution in [0.15, 0.2) is 68.1 Å². The van der Waals surface area contributed by atoms with E-state index in [0.717, 1.165) is 21.6 Å². The minimum atomic E-state index is -0.216. The summed E-state index contributed by atoms with van der Waals surface area (Å²) in [5.74, 6) is 0. The Bertz CT molecular complexity index is 732. The third kappa shape index (κ3) is 4.17. The van der Waals surface area contributed by atoms with Crippen LogP contribution < -0.4 is 0 Å². The summed E-state index contributed by atoms with van der Waals surface area (Å²) in [6, 6.07) is 14.3. The molecule has 0 amide bonds. The maximum atomic E-state index is 12.1. The molecule has 1 heterocycles. The Labute approximate surface area is 156 Å². The fourth-order valence-corrected chi connectivity index (χ4v) is 5.02. The Hall–Kier alpha value is -0.850. The SMILES string of the molecule is O=C1SC(=O)C(Sc2ccc(Cl)cc2)=C1Sc1ccc(Cl)cc1. The van der Waals surface area contributed by atoms with Gasteiger partial charge in [0.1, 0.15) is 0 Å². The fourth-order valence-electron chi connectivity index (χ4n) is 1.78. The summed E-state index contributed by atoms with van der Waals surface area (Å²) in [6.07, 6.45) is 0. The largest absolute Gasteiger partial charge is 0.280 e. The van der Waals surface area contributed by atoms with Crippen molar-refractivity contribution in [3.8, 4) is 0 Å². The van der Waals surface area contributed by atoms with Crippen molar-refractivity contribution in [3.05, 3.63) is 68.4 Å². The van der Waals surface area contributed by atoms with Crippen LogP contribution in [0.1, 0.15) is 0 Å². The maximum Gasteiger partial charge on any atom is 0.235 e. The molecule has 0 unspecified atom stereocenters. The molecule has 0 saturated heterocycles. The van der Waals surface area contributed by atoms with Gasteiger partial charge < -0.3 is 0 Å². The average molecular weight is 399 g/mol. The smallest absolute Gasteiger partial charge is 0.235 e. The molecule has 0 N–H and O–H groups in total. The lowest BCUT2D eigenvalue weighted by Crippen LogP contribution is -1.89. The van der Waals surface area contributed by atoms with Crippen LogP contribution in [0, 0.1) is 0 Å². The van der Waals surface area contributed by atoms with Crippen LogP contribution in [-0.2, 0) is 9.59 Å². The molecule has 2 aromatic rings. The third-order valence-corrected chi connectivity index (χ3v) is 6.70. The van der Waals surface area contributed by atoms with Gasteiger partial charge in [0.25, 0.3) is 0 Å². The molecule has 0 aromatic heterocycles. The monoisotopic (exact) mass is 398 g/mol. The Morgan fingerprint density at radius 3 is 1.35 bits per heavy atom. The first kappa shape index (κ1) is 17.0. The zero-order valence-electron chi connectivity index (χ0n) is 11.4. The zero-order chi connectivity index (χ0) is 16.4. The number of carbonyl (C=O) groups excluding carboxylic acids is 2. The van der Waals surface area contributed by atoms with E-state index >= 15 is 0 Å². The van der Waals surface area contributed by atoms with Gasteiger partial charge in [-0.05, 0) is 60.3 Å². The second-order valence-electron chi connectivity index (χ2n) is 4.45. The number of rotatable bonds is 4. The second-order valence-corrected chi connectivity index (χ2v) is 8.43. The molecule has 0 aliphatic carbocycles. The Morgan fingerprint density at radius 1 is 0.652 bits per heavy atom. The molecule has 1 aliphatic rings. The van der Waals surface area contributed by atoms with Gasteiger partial charge in [0, 0.05) is 19.8 Å². The predicted molar refractivity (Wildman–Crippen MR) is 99.2 cm³/mol. The molecule has 2 nitrogen and oxygen atoms in total. The molecule has 0 bridgehead atoms. The maximum absolute atomic E-state index is 12.1. The van der Waals surface area contributed by atoms with Crippen molar-refractivity contribution in [2.75, 3.05) is 0 Å². The zero-order valence-corrected chi connectivity index (χ0v) is 15.4. The summed E-state index contributed by atoms with van der Waals surface area (Å²) >= 11 is 15.0. The van der Waals surface area contributed by atoms with E-state index in [1.165, 1.54) is 23.5 Å². The topological polar surface area (TPSA) is 34.1 Å². The van der Waals surface area contributed by atoms with Gasteiger partial charge >= 0.3 is 0 Å². The average Bonchev–Trinajstić information content (AvgIpc) is 2.78. The molecule has 116 valence electrons. The van der Waals surface area contributed by atoms with Gasteiger partial charge in [0.15, 0.2) is 0 Å². The van der Waals surface area contributed by atoms with Crippen molar-refractivity contribution >= 4 is 68.7 Å². The van der Waals surface area contributed by atoms with Crippen molar-refractivity contribution in [1.29, 1.82) is 0 Å². The Balaban J connectivity index is 1.90. The second kappa shape index (κ2) is 7.36. The van der Waals surface area contributed by atoms with E-state index in [2.05, 4.69) is 0 Å². The van der Waals surface area contributed by atoms with E-state index in [0.29, 0.717) is 19.9 Å². The Kier molecular flexibility index (Phi) is 5.44. The number of hydrogen-bond donors (Lipinski definition) is 0. The van der Waals surface area contributed by atoms with Crippen LogP contribution >= 0.6 is 58.5 Å². The van der Waals surface area contributed by atoms with E-state index in [1.54, 1.807) is 24.3 Å². The first-order valence-electron chi connectivity index (χ1n) is 6.40. The van der Waals surface area contributed by atoms with Crippen LogP contribution in [0.25, 0.3) is 0 Å². The van der Waals surface area contributed by atoms with Gasteiger partial charge in [-0.25, -0.2) is 0 Å². The van der Waals surface area contributed by atoms with Crippen molar-refractivity contribution in [2.24, 2.45) is 0 Å². The van der Waals surface area contributed by atoms with Gasteiger partial charge in [-0.3, -0.25) is 9.59 Å². The first-order valence-corrected chi connectivity index (χ1v) is 9.61. The number of halogens is 2. The molecule has 2 aromatic carbocycles. The summed E-state index contributed by atoms with van der Waals surface area (Å²) in [6.45, 7) is 0. The molecule has 0 atom stereocenters. The van der Waals surface area contributed by atoms with E-state index in [9.17, 15) is 9.59 Å². The van der Waals surface area contributed by atoms with Crippen LogP contribution in [-0.4, -0.2) is 10.2 Å². The summed E-state index contributed by atoms with van der Waals surface area (Å²) in [7, 11) is 0. The van der Waals surface area contributed by atoms with Gasteiger partial charge in [-0.2, -0.15) is 0 Å². The Morgan fingerprint density at radius 2 is 1.00 bits per heavy atom. The minimum absolute atomic E-state index is 0.216. The van der Waals surface area contributed by atoms with Crippen molar-refractivity contribution in [2.45, 2.75) is 9.79 Å². The van der Waals surface area contributed by atoms with Gasteiger partial charge in [0.2, 0.25) is 10.2 Å². The predicted octanol–water partition coefficient (Wildman–Crippen LogP) is 5.89. The normalized spacial score (nSPS) is 14.7.